The second kappa shape index (κ2) is 21.9. The number of fused-ring (bicyclic) bond motifs is 4. The summed E-state index contributed by atoms with van der Waals surface area (Å²) < 4.78 is 25.6. The predicted octanol–water partition coefficient (Wildman–Crippen LogP) is 7.62. The summed E-state index contributed by atoms with van der Waals surface area (Å²) in [7, 11) is 0. The summed E-state index contributed by atoms with van der Waals surface area (Å²) in [5.41, 5.74) is 1.49. The normalized spacial score (nSPS) is 24.5. The molecule has 4 fully saturated rings. The van der Waals surface area contributed by atoms with Gasteiger partial charge in [0, 0.05) is 37.8 Å². The van der Waals surface area contributed by atoms with Crippen LogP contribution in [0.4, 0.5) is 0 Å². The fourth-order valence-corrected chi connectivity index (χ4v) is 10.0. The van der Waals surface area contributed by atoms with Crippen LogP contribution in [-0.4, -0.2) is 93.5 Å². The van der Waals surface area contributed by atoms with Crippen molar-refractivity contribution in [1.29, 1.82) is 0 Å². The van der Waals surface area contributed by atoms with Crippen molar-refractivity contribution in [3.8, 4) is 5.75 Å². The van der Waals surface area contributed by atoms with Gasteiger partial charge in [-0.3, -0.25) is 24.0 Å². The number of nitrogens with zero attached hydrogens (tertiary/aromatic N) is 1. The molecular weight excluding hydrogens is 855 g/mol. The summed E-state index contributed by atoms with van der Waals surface area (Å²) in [5, 5.41) is 27.8. The van der Waals surface area contributed by atoms with Gasteiger partial charge in [0.05, 0.1) is 19.2 Å². The van der Waals surface area contributed by atoms with Crippen LogP contribution in [-0.2, 0) is 57.7 Å². The Hall–Kier alpha value is -5.12. The van der Waals surface area contributed by atoms with Gasteiger partial charge in [-0.15, -0.1) is 0 Å². The lowest BCUT2D eigenvalue weighted by atomic mass is 9.62. The van der Waals surface area contributed by atoms with E-state index in [2.05, 4.69) is 24.5 Å². The molecule has 3 heterocycles. The first kappa shape index (κ1) is 49.8. The van der Waals surface area contributed by atoms with Gasteiger partial charge in [0.2, 0.25) is 5.91 Å². The van der Waals surface area contributed by atoms with Gasteiger partial charge in [-0.2, -0.15) is 5.06 Å². The van der Waals surface area contributed by atoms with E-state index < -0.39 is 71.1 Å². The van der Waals surface area contributed by atoms with E-state index in [0.717, 1.165) is 55.2 Å². The quantitative estimate of drug-likeness (QED) is 0.0573. The standard InChI is InChI=1S/C53H69N3O11/c1-6-8-12-27-52(28-13-9-7-2)65-44-42-31-53(50(62)54-32-36-19-16-23-39(30-36)48(60)55-40(34-57)25-26-43(59)64-51(3,4)5)46(49(61)63-42)56(67-47(53)45(44)66-52)33-37-20-14-17-35(29-37)18-15-22-38-21-10-11-24-41(38)58/h10-11,14-21,23-24,29-30,40,42,44-47,57-58H,6-9,12-13,22,25-28,31-34H2,1-5H3,(H,54,62)(H,55,60)/t40-,42?,44-,45-,46-,47+,53?/m0/s1. The topological polar surface area (TPSA) is 182 Å². The van der Waals surface area contributed by atoms with Gasteiger partial charge >= 0.3 is 11.9 Å². The highest BCUT2D eigenvalue weighted by atomic mass is 16.8. The molecule has 4 N–H and O–H groups in total. The smallest absolute Gasteiger partial charge is 0.327 e. The summed E-state index contributed by atoms with van der Waals surface area (Å²) in [6.07, 6.45) is 9.21. The van der Waals surface area contributed by atoms with E-state index in [1.807, 2.05) is 48.6 Å². The second-order valence-electron chi connectivity index (χ2n) is 19.6. The lowest BCUT2D eigenvalue weighted by Gasteiger charge is -2.48. The Labute approximate surface area is 394 Å². The number of phenolic OH excluding ortho intramolecular Hbond substituents is 1. The number of aromatic hydroxyl groups is 1. The molecule has 2 unspecified atom stereocenters. The number of rotatable bonds is 22. The molecule has 3 saturated heterocycles. The third-order valence-electron chi connectivity index (χ3n) is 13.2. The number of allylic oxidation sites excluding steroid dienone is 1. The Morgan fingerprint density at radius 3 is 2.36 bits per heavy atom. The van der Waals surface area contributed by atoms with Crippen LogP contribution in [0.1, 0.15) is 138 Å². The van der Waals surface area contributed by atoms with Crippen molar-refractivity contribution in [1.82, 2.24) is 15.7 Å². The molecule has 3 aromatic carbocycles. The zero-order valence-corrected chi connectivity index (χ0v) is 39.7. The molecule has 0 spiro atoms. The molecule has 1 saturated carbocycles. The largest absolute Gasteiger partial charge is 0.508 e. The highest BCUT2D eigenvalue weighted by Gasteiger charge is 2.76. The van der Waals surface area contributed by atoms with Crippen molar-refractivity contribution in [2.24, 2.45) is 5.41 Å². The molecule has 3 aromatic rings. The van der Waals surface area contributed by atoms with Crippen LogP contribution < -0.4 is 10.6 Å². The van der Waals surface area contributed by atoms with Gasteiger partial charge in [0.25, 0.3) is 5.91 Å². The summed E-state index contributed by atoms with van der Waals surface area (Å²) in [5.74, 6) is -2.48. The minimum Gasteiger partial charge on any atom is -0.508 e. The number of carbonyl (C=O) groups excluding carboxylic acids is 4. The van der Waals surface area contributed by atoms with E-state index in [1.54, 1.807) is 62.2 Å². The van der Waals surface area contributed by atoms with E-state index in [0.29, 0.717) is 30.4 Å². The predicted molar refractivity (Wildman–Crippen MR) is 251 cm³/mol. The van der Waals surface area contributed by atoms with Crippen LogP contribution in [0.15, 0.2) is 78.9 Å². The first-order chi connectivity index (χ1) is 32.2. The number of amides is 2. The maximum absolute atomic E-state index is 15.1. The van der Waals surface area contributed by atoms with E-state index in [9.17, 15) is 24.6 Å². The van der Waals surface area contributed by atoms with E-state index >= 15 is 4.79 Å². The summed E-state index contributed by atoms with van der Waals surface area (Å²) in [6, 6.07) is 20.1. The molecule has 7 rings (SSSR count). The second-order valence-corrected chi connectivity index (χ2v) is 19.6. The lowest BCUT2D eigenvalue weighted by molar-refractivity contribution is -0.224. The van der Waals surface area contributed by atoms with Crippen LogP contribution in [0.2, 0.25) is 0 Å². The molecule has 3 aliphatic heterocycles. The first-order valence-corrected chi connectivity index (χ1v) is 24.2. The molecular formula is C53H69N3O11. The molecule has 14 heteroatoms. The average molecular weight is 924 g/mol. The number of hydrogen-bond acceptors (Lipinski definition) is 12. The molecule has 1 aliphatic carbocycles. The maximum Gasteiger partial charge on any atom is 0.327 e. The molecule has 2 bridgehead atoms. The highest BCUT2D eigenvalue weighted by molar-refractivity contribution is 5.95. The number of hydroxylamine groups is 2. The van der Waals surface area contributed by atoms with Crippen LogP contribution in [0, 0.1) is 5.41 Å². The van der Waals surface area contributed by atoms with Crippen molar-refractivity contribution in [2.45, 2.75) is 173 Å². The van der Waals surface area contributed by atoms with Crippen LogP contribution in [0.5, 0.6) is 5.75 Å². The SMILES string of the molecule is CCCCCC1(CCCCC)O[C@@H]2[C@H]3ON(Cc4cccc(C=CCc5ccccc5O)c4)[C@H]4C(=O)OC(CC34C(=O)NCc3cccc(C(=O)N[C@H](CO)CCC(=O)OC(C)(C)C)c3)[C@@H]2O1. The maximum atomic E-state index is 15.1. The number of nitrogens with one attached hydrogen (secondary N) is 2. The Kier molecular flexibility index (Phi) is 16.3. The molecule has 362 valence electrons. The number of aliphatic hydroxyl groups is 1. The molecule has 4 aliphatic rings. The van der Waals surface area contributed by atoms with Gasteiger partial charge in [-0.05, 0) is 86.9 Å². The number of aliphatic hydroxyl groups excluding tert-OH is 1. The minimum atomic E-state index is -1.40. The van der Waals surface area contributed by atoms with E-state index in [1.165, 1.54) is 0 Å². The summed E-state index contributed by atoms with van der Waals surface area (Å²) in [4.78, 5) is 62.1. The number of para-hydroxylation sites is 1. The zero-order valence-electron chi connectivity index (χ0n) is 39.7. The first-order valence-electron chi connectivity index (χ1n) is 24.2. The number of unbranched alkanes of at least 4 members (excludes halogenated alkanes) is 4. The minimum absolute atomic E-state index is 0.0251. The number of benzene rings is 3. The number of carbonyl (C=O) groups is 4. The van der Waals surface area contributed by atoms with Crippen molar-refractivity contribution >= 4 is 29.8 Å². The zero-order chi connectivity index (χ0) is 47.8. The van der Waals surface area contributed by atoms with Gasteiger partial charge < -0.3 is 39.8 Å². The Morgan fingerprint density at radius 2 is 1.64 bits per heavy atom. The van der Waals surface area contributed by atoms with E-state index in [4.69, 9.17) is 23.8 Å². The fraction of sp³-hybridized carbons (Fsp3) is 0.547. The molecule has 0 aromatic heterocycles. The number of esters is 2. The van der Waals surface area contributed by atoms with E-state index in [-0.39, 0.29) is 50.6 Å². The van der Waals surface area contributed by atoms with Crippen LogP contribution in [0.3, 0.4) is 0 Å². The van der Waals surface area contributed by atoms with Gasteiger partial charge in [0.1, 0.15) is 41.2 Å². The third-order valence-corrected chi connectivity index (χ3v) is 13.2. The molecule has 67 heavy (non-hydrogen) atoms. The Bertz CT molecular complexity index is 2230. The van der Waals surface area contributed by atoms with Crippen LogP contribution >= 0.6 is 0 Å². The van der Waals surface area contributed by atoms with Crippen molar-refractivity contribution < 1.29 is 53.2 Å². The highest BCUT2D eigenvalue weighted by Crippen LogP contribution is 2.58. The molecule has 2 amide bonds. The molecule has 14 nitrogen and oxygen atoms in total. The monoisotopic (exact) mass is 923 g/mol. The fourth-order valence-electron chi connectivity index (χ4n) is 10.0. The third kappa shape index (κ3) is 11.8. The summed E-state index contributed by atoms with van der Waals surface area (Å²) in [6.45, 7) is 9.50. The average Bonchev–Trinajstić information content (AvgIpc) is 3.85. The summed E-state index contributed by atoms with van der Waals surface area (Å²) >= 11 is 0. The van der Waals surface area contributed by atoms with Gasteiger partial charge in [0.15, 0.2) is 11.8 Å². The van der Waals surface area contributed by atoms with Gasteiger partial charge in [-0.25, -0.2) is 0 Å². The molecule has 0 radical (unpaired) electrons. The van der Waals surface area contributed by atoms with Crippen molar-refractivity contribution in [3.63, 3.8) is 0 Å². The van der Waals surface area contributed by atoms with Gasteiger partial charge in [-0.1, -0.05) is 106 Å². The number of hydrogen-bond donors (Lipinski definition) is 4. The van der Waals surface area contributed by atoms with Crippen LogP contribution in [0.25, 0.3) is 6.08 Å². The Morgan fingerprint density at radius 1 is 0.925 bits per heavy atom. The van der Waals surface area contributed by atoms with Crippen molar-refractivity contribution in [3.05, 3.63) is 107 Å². The lowest BCUT2D eigenvalue weighted by Crippen LogP contribution is -2.69. The Balaban J connectivity index is 1.12. The van der Waals surface area contributed by atoms with Crippen molar-refractivity contribution in [2.75, 3.05) is 6.61 Å². The number of phenols is 1. The number of ether oxygens (including phenoxy) is 4. The molecule has 7 atom stereocenters.